The van der Waals surface area contributed by atoms with Crippen molar-refractivity contribution in [2.75, 3.05) is 46.4 Å². The molecule has 8 nitrogen and oxygen atoms in total. The zero-order chi connectivity index (χ0) is 27.3. The highest BCUT2D eigenvalue weighted by Crippen LogP contribution is 2.66. The molecule has 4 aliphatic carbocycles. The van der Waals surface area contributed by atoms with E-state index in [0.717, 1.165) is 51.1 Å². The van der Waals surface area contributed by atoms with Gasteiger partial charge in [-0.3, -0.25) is 19.2 Å². The Morgan fingerprint density at radius 2 is 1.87 bits per heavy atom. The van der Waals surface area contributed by atoms with Gasteiger partial charge in [-0.05, 0) is 69.7 Å². The number of carbonyl (C=O) groups excluding carboxylic acids is 4. The van der Waals surface area contributed by atoms with Crippen molar-refractivity contribution in [3.8, 4) is 0 Å². The summed E-state index contributed by atoms with van der Waals surface area (Å²) in [6, 6.07) is 0. The molecule has 0 aromatic heterocycles. The molecule has 0 radical (unpaired) electrons. The maximum Gasteiger partial charge on any atom is 0.306 e. The van der Waals surface area contributed by atoms with Crippen LogP contribution in [0.4, 0.5) is 0 Å². The van der Waals surface area contributed by atoms with Crippen molar-refractivity contribution in [1.82, 2.24) is 9.80 Å². The molecule has 0 aromatic carbocycles. The molecule has 4 fully saturated rings. The molecule has 8 heteroatoms. The second-order valence-electron chi connectivity index (χ2n) is 12.8. The third-order valence-electron chi connectivity index (χ3n) is 10.7. The van der Waals surface area contributed by atoms with Gasteiger partial charge in [0, 0.05) is 55.8 Å². The first kappa shape index (κ1) is 27.4. The number of carbonyl (C=O) groups is 4. The number of likely N-dealkylation sites (N-methyl/N-ethyl adjacent to an activating group) is 1. The lowest BCUT2D eigenvalue weighted by atomic mass is 9.46. The molecular weight excluding hydrogens is 484 g/mol. The van der Waals surface area contributed by atoms with Gasteiger partial charge < -0.3 is 19.6 Å². The van der Waals surface area contributed by atoms with Gasteiger partial charge in [-0.2, -0.15) is 0 Å². The highest BCUT2D eigenvalue weighted by atomic mass is 16.5. The molecule has 0 bridgehead atoms. The average Bonchev–Trinajstić information content (AvgIpc) is 3.15. The van der Waals surface area contributed by atoms with E-state index >= 15 is 0 Å². The molecule has 38 heavy (non-hydrogen) atoms. The quantitative estimate of drug-likeness (QED) is 0.504. The maximum absolute atomic E-state index is 13.7. The molecule has 6 atom stereocenters. The molecule has 0 unspecified atom stereocenters. The van der Waals surface area contributed by atoms with Gasteiger partial charge in [0.05, 0.1) is 0 Å². The Labute approximate surface area is 225 Å². The van der Waals surface area contributed by atoms with Crippen LogP contribution in [0.3, 0.4) is 0 Å². The molecule has 0 aromatic rings. The van der Waals surface area contributed by atoms with Gasteiger partial charge in [-0.15, -0.1) is 0 Å². The van der Waals surface area contributed by atoms with Crippen LogP contribution >= 0.6 is 0 Å². The normalized spacial score (nSPS) is 39.3. The predicted octanol–water partition coefficient (Wildman–Crippen LogP) is 2.34. The molecule has 1 aliphatic heterocycles. The van der Waals surface area contributed by atoms with Gasteiger partial charge in [-0.25, -0.2) is 0 Å². The Kier molecular flexibility index (Phi) is 7.29. The highest BCUT2D eigenvalue weighted by Gasteiger charge is 2.68. The number of nitrogens with zero attached hydrogens (tertiary/aromatic N) is 2. The zero-order valence-electron chi connectivity index (χ0n) is 23.0. The summed E-state index contributed by atoms with van der Waals surface area (Å²) in [6.07, 6.45) is 8.63. The Hall–Kier alpha value is -2.16. The largest absolute Gasteiger partial charge is 0.458 e. The SMILES string of the molecule is CN1CCN(CCCC(=O)OCC(=O)[C@@]2(O)CC[C@H]3[C@@H]4CCC5=CC(=O)C=C[C@]5(C)[C@H]4C(=O)C[C@@]32C)CC1. The summed E-state index contributed by atoms with van der Waals surface area (Å²) in [5.74, 6) is -1.09. The van der Waals surface area contributed by atoms with Crippen LogP contribution in [-0.4, -0.2) is 90.2 Å². The minimum atomic E-state index is -1.69. The minimum Gasteiger partial charge on any atom is -0.458 e. The van der Waals surface area contributed by atoms with E-state index in [0.29, 0.717) is 12.8 Å². The summed E-state index contributed by atoms with van der Waals surface area (Å²) in [4.78, 5) is 56.1. The van der Waals surface area contributed by atoms with Crippen LogP contribution in [0.15, 0.2) is 23.8 Å². The van der Waals surface area contributed by atoms with E-state index in [1.54, 1.807) is 12.2 Å². The monoisotopic (exact) mass is 526 g/mol. The molecule has 5 rings (SSSR count). The first-order valence-electron chi connectivity index (χ1n) is 14.3. The Morgan fingerprint density at radius 1 is 1.13 bits per heavy atom. The van der Waals surface area contributed by atoms with E-state index in [1.165, 1.54) is 0 Å². The molecule has 1 saturated heterocycles. The predicted molar refractivity (Wildman–Crippen MR) is 141 cm³/mol. The van der Waals surface area contributed by atoms with E-state index in [-0.39, 0.29) is 48.6 Å². The van der Waals surface area contributed by atoms with Gasteiger partial charge in [0.2, 0.25) is 5.78 Å². The molecule has 3 saturated carbocycles. The van der Waals surface area contributed by atoms with Gasteiger partial charge in [0.25, 0.3) is 0 Å². The number of ketones is 3. The number of aliphatic hydroxyl groups is 1. The number of ether oxygens (including phenoxy) is 1. The molecule has 0 amide bonds. The number of hydrogen-bond acceptors (Lipinski definition) is 8. The van der Waals surface area contributed by atoms with E-state index in [9.17, 15) is 24.3 Å². The van der Waals surface area contributed by atoms with Crippen molar-refractivity contribution < 1.29 is 29.0 Å². The second kappa shape index (κ2) is 10.1. The fourth-order valence-electron chi connectivity index (χ4n) is 8.35. The number of rotatable bonds is 7. The molecule has 1 heterocycles. The lowest BCUT2D eigenvalue weighted by Crippen LogP contribution is -2.60. The summed E-state index contributed by atoms with van der Waals surface area (Å²) in [5.41, 5.74) is -2.04. The van der Waals surface area contributed by atoms with Crippen molar-refractivity contribution >= 4 is 23.3 Å². The zero-order valence-corrected chi connectivity index (χ0v) is 23.0. The van der Waals surface area contributed by atoms with Gasteiger partial charge in [0.1, 0.15) is 11.4 Å². The summed E-state index contributed by atoms with van der Waals surface area (Å²) >= 11 is 0. The number of esters is 1. The van der Waals surface area contributed by atoms with E-state index in [2.05, 4.69) is 23.8 Å². The van der Waals surface area contributed by atoms with Gasteiger partial charge in [-0.1, -0.05) is 25.5 Å². The summed E-state index contributed by atoms with van der Waals surface area (Å²) in [7, 11) is 2.11. The van der Waals surface area contributed by atoms with Crippen LogP contribution in [0.1, 0.15) is 58.8 Å². The third-order valence-corrected chi connectivity index (χ3v) is 10.7. The lowest BCUT2D eigenvalue weighted by Gasteiger charge is -2.56. The van der Waals surface area contributed by atoms with Crippen molar-refractivity contribution in [3.63, 3.8) is 0 Å². The smallest absolute Gasteiger partial charge is 0.306 e. The van der Waals surface area contributed by atoms with Crippen molar-refractivity contribution in [3.05, 3.63) is 23.8 Å². The van der Waals surface area contributed by atoms with Crippen molar-refractivity contribution in [2.24, 2.45) is 28.6 Å². The number of Topliss-reactive ketones (excluding diaryl/α,β-unsaturated/α-hetero) is 2. The van der Waals surface area contributed by atoms with Crippen molar-refractivity contribution in [2.45, 2.75) is 64.4 Å². The van der Waals surface area contributed by atoms with E-state index in [4.69, 9.17) is 4.74 Å². The van der Waals surface area contributed by atoms with E-state index < -0.39 is 34.8 Å². The fraction of sp³-hybridized carbons (Fsp3) is 0.733. The fourth-order valence-corrected chi connectivity index (χ4v) is 8.35. The van der Waals surface area contributed by atoms with Crippen molar-refractivity contribution in [1.29, 1.82) is 0 Å². The summed E-state index contributed by atoms with van der Waals surface area (Å²) < 4.78 is 5.33. The third kappa shape index (κ3) is 4.52. The number of fused-ring (bicyclic) bond motifs is 5. The molecular formula is C30H42N2O6. The topological polar surface area (TPSA) is 104 Å². The molecule has 1 N–H and O–H groups in total. The first-order valence-corrected chi connectivity index (χ1v) is 14.3. The second-order valence-corrected chi connectivity index (χ2v) is 12.8. The molecule has 208 valence electrons. The minimum absolute atomic E-state index is 0.0165. The standard InChI is InChI=1S/C30H42N2O6/c1-28-10-8-21(33)17-20(28)6-7-22-23-9-11-30(37,29(23,2)18-24(34)27(22)28)25(35)19-38-26(36)5-4-12-32-15-13-31(3)14-16-32/h8,10,17,22-23,27,37H,4-7,9,11-16,18-19H2,1-3H3/t22-,23-,27+,28-,29-,30-/m0/s1. The van der Waals surface area contributed by atoms with Crippen LogP contribution in [0.25, 0.3) is 0 Å². The molecule has 5 aliphatic rings. The van der Waals surface area contributed by atoms with Crippen LogP contribution in [0.5, 0.6) is 0 Å². The van der Waals surface area contributed by atoms with Crippen LogP contribution in [0, 0.1) is 28.6 Å². The van der Waals surface area contributed by atoms with Gasteiger partial charge >= 0.3 is 5.97 Å². The summed E-state index contributed by atoms with van der Waals surface area (Å²) in [6.45, 7) is 8.32. The van der Waals surface area contributed by atoms with Crippen LogP contribution in [-0.2, 0) is 23.9 Å². The Bertz CT molecular complexity index is 1070. The highest BCUT2D eigenvalue weighted by molar-refractivity contribution is 6.02. The maximum atomic E-state index is 13.7. The van der Waals surface area contributed by atoms with E-state index in [1.807, 2.05) is 13.0 Å². The average molecular weight is 527 g/mol. The molecule has 0 spiro atoms. The Morgan fingerprint density at radius 3 is 2.61 bits per heavy atom. The number of piperazine rings is 1. The summed E-state index contributed by atoms with van der Waals surface area (Å²) in [5, 5.41) is 11.8. The lowest BCUT2D eigenvalue weighted by molar-refractivity contribution is -0.172. The number of hydrogen-bond donors (Lipinski definition) is 1. The first-order chi connectivity index (χ1) is 18.0. The van der Waals surface area contributed by atoms with Crippen LogP contribution in [0.2, 0.25) is 0 Å². The number of allylic oxidation sites excluding steroid dienone is 4. The van der Waals surface area contributed by atoms with Gasteiger partial charge in [0.15, 0.2) is 12.4 Å². The Balaban J connectivity index is 1.20. The van der Waals surface area contributed by atoms with Crippen LogP contribution < -0.4 is 0 Å².